The van der Waals surface area contributed by atoms with Gasteiger partial charge in [0.25, 0.3) is 0 Å². The molecule has 0 atom stereocenters. The van der Waals surface area contributed by atoms with E-state index in [0.29, 0.717) is 31.0 Å². The summed E-state index contributed by atoms with van der Waals surface area (Å²) in [6.45, 7) is 0. The van der Waals surface area contributed by atoms with Crippen LogP contribution in [0.1, 0.15) is 0 Å². The molecule has 0 saturated heterocycles. The Morgan fingerprint density at radius 2 is 1.95 bits per heavy atom. The molecule has 0 unspecified atom stereocenters. The number of nitrogens with zero attached hydrogens (tertiary/aromatic N) is 1. The Bertz CT molecular complexity index is 888. The van der Waals surface area contributed by atoms with Crippen molar-refractivity contribution in [2.45, 2.75) is 0 Å². The molecule has 0 fully saturated rings. The van der Waals surface area contributed by atoms with Gasteiger partial charge in [0.1, 0.15) is 11.6 Å². The minimum absolute atomic E-state index is 0.310. The van der Waals surface area contributed by atoms with Gasteiger partial charge in [0.15, 0.2) is 4.77 Å². The summed E-state index contributed by atoms with van der Waals surface area (Å²) in [5, 5.41) is 0.326. The number of halogens is 4. The third-order valence-corrected chi connectivity index (χ3v) is 4.09. The Morgan fingerprint density at radius 1 is 1.20 bits per heavy atom. The zero-order valence-electron chi connectivity index (χ0n) is 9.75. The highest BCUT2D eigenvalue weighted by Crippen LogP contribution is 2.29. The van der Waals surface area contributed by atoms with E-state index in [1.54, 1.807) is 6.07 Å². The molecule has 0 bridgehead atoms. The quantitative estimate of drug-likeness (QED) is 0.566. The molecule has 0 aliphatic heterocycles. The zero-order chi connectivity index (χ0) is 14.4. The topological polar surface area (TPSA) is 20.7 Å². The standard InChI is InChI=1S/C13H6BrClF2N2S/c14-7-4-10-12(5-9(7)17)19(13(20)18-10)11-3-6(16)1-2-8(11)15/h1-5H,(H,18,20). The lowest BCUT2D eigenvalue weighted by Crippen LogP contribution is -1.96. The van der Waals surface area contributed by atoms with Gasteiger partial charge in [0.05, 0.1) is 26.2 Å². The first-order valence-electron chi connectivity index (χ1n) is 5.52. The summed E-state index contributed by atoms with van der Waals surface area (Å²) < 4.78 is 29.3. The number of aromatic nitrogens is 2. The van der Waals surface area contributed by atoms with Crippen LogP contribution in [-0.2, 0) is 0 Å². The van der Waals surface area contributed by atoms with Gasteiger partial charge in [-0.25, -0.2) is 8.78 Å². The van der Waals surface area contributed by atoms with E-state index < -0.39 is 11.6 Å². The van der Waals surface area contributed by atoms with Crippen LogP contribution in [0.15, 0.2) is 34.8 Å². The molecule has 102 valence electrons. The largest absolute Gasteiger partial charge is 0.330 e. The third kappa shape index (κ3) is 2.17. The molecule has 0 amide bonds. The second-order valence-corrected chi connectivity index (χ2v) is 5.79. The summed E-state index contributed by atoms with van der Waals surface area (Å²) in [6.07, 6.45) is 0. The number of hydrogen-bond acceptors (Lipinski definition) is 1. The Balaban J connectivity index is 2.42. The highest BCUT2D eigenvalue weighted by atomic mass is 79.9. The molecular weight excluding hydrogens is 370 g/mol. The van der Waals surface area contributed by atoms with E-state index in [0.717, 1.165) is 0 Å². The molecule has 2 aromatic carbocycles. The average molecular weight is 376 g/mol. The van der Waals surface area contributed by atoms with Gasteiger partial charge in [-0.15, -0.1) is 0 Å². The third-order valence-electron chi connectivity index (χ3n) is 2.87. The number of benzene rings is 2. The van der Waals surface area contributed by atoms with Crippen LogP contribution in [-0.4, -0.2) is 9.55 Å². The van der Waals surface area contributed by atoms with E-state index >= 15 is 0 Å². The van der Waals surface area contributed by atoms with Crippen molar-refractivity contribution in [2.24, 2.45) is 0 Å². The summed E-state index contributed by atoms with van der Waals surface area (Å²) >= 11 is 14.4. The van der Waals surface area contributed by atoms with E-state index in [9.17, 15) is 8.78 Å². The fraction of sp³-hybridized carbons (Fsp3) is 0. The number of H-pyrrole nitrogens is 1. The SMILES string of the molecule is Fc1ccc(Cl)c(-n2c(=S)[nH]c3cc(Br)c(F)cc32)c1. The summed E-state index contributed by atoms with van der Waals surface area (Å²) in [6, 6.07) is 6.83. The highest BCUT2D eigenvalue weighted by Gasteiger charge is 2.13. The molecule has 1 aromatic heterocycles. The molecule has 1 N–H and O–H groups in total. The lowest BCUT2D eigenvalue weighted by molar-refractivity contribution is 0.622. The molecule has 0 spiro atoms. The van der Waals surface area contributed by atoms with Crippen molar-refractivity contribution in [3.8, 4) is 5.69 Å². The van der Waals surface area contributed by atoms with Gasteiger partial charge in [-0.3, -0.25) is 4.57 Å². The smallest absolute Gasteiger partial charge is 0.182 e. The number of hydrogen-bond donors (Lipinski definition) is 1. The Kier molecular flexibility index (Phi) is 3.40. The maximum atomic E-state index is 13.7. The molecule has 7 heteroatoms. The van der Waals surface area contributed by atoms with Crippen LogP contribution < -0.4 is 0 Å². The second-order valence-electron chi connectivity index (χ2n) is 4.14. The maximum absolute atomic E-state index is 13.7. The van der Waals surface area contributed by atoms with Crippen molar-refractivity contribution in [1.29, 1.82) is 0 Å². The maximum Gasteiger partial charge on any atom is 0.182 e. The summed E-state index contributed by atoms with van der Waals surface area (Å²) in [7, 11) is 0. The number of nitrogens with one attached hydrogen (secondary N) is 1. The van der Waals surface area contributed by atoms with Crippen LogP contribution in [0, 0.1) is 16.4 Å². The van der Waals surface area contributed by atoms with Gasteiger partial charge in [-0.05, 0) is 52.4 Å². The number of imidazole rings is 1. The normalized spacial score (nSPS) is 11.2. The molecular formula is C13H6BrClF2N2S. The van der Waals surface area contributed by atoms with E-state index in [1.807, 2.05) is 0 Å². The van der Waals surface area contributed by atoms with Crippen molar-refractivity contribution < 1.29 is 8.78 Å². The molecule has 0 aliphatic rings. The fourth-order valence-corrected chi connectivity index (χ4v) is 2.85. The van der Waals surface area contributed by atoms with Crippen molar-refractivity contribution >= 4 is 50.8 Å². The van der Waals surface area contributed by atoms with Crippen LogP contribution in [0.4, 0.5) is 8.78 Å². The molecule has 0 saturated carbocycles. The van der Waals surface area contributed by atoms with Gasteiger partial charge in [0.2, 0.25) is 0 Å². The van der Waals surface area contributed by atoms with Crippen molar-refractivity contribution in [3.63, 3.8) is 0 Å². The van der Waals surface area contributed by atoms with Crippen LogP contribution in [0.25, 0.3) is 16.7 Å². The first kappa shape index (κ1) is 13.7. The fourth-order valence-electron chi connectivity index (χ4n) is 2.00. The summed E-state index contributed by atoms with van der Waals surface area (Å²) in [5.74, 6) is -0.883. The van der Waals surface area contributed by atoms with Crippen LogP contribution >= 0.6 is 39.7 Å². The first-order valence-corrected chi connectivity index (χ1v) is 7.10. The molecule has 0 radical (unpaired) electrons. The number of fused-ring (bicyclic) bond motifs is 1. The zero-order valence-corrected chi connectivity index (χ0v) is 12.9. The Morgan fingerprint density at radius 3 is 2.70 bits per heavy atom. The lowest BCUT2D eigenvalue weighted by atomic mass is 10.2. The van der Waals surface area contributed by atoms with Gasteiger partial charge in [-0.1, -0.05) is 11.6 Å². The molecule has 2 nitrogen and oxygen atoms in total. The lowest BCUT2D eigenvalue weighted by Gasteiger charge is -2.07. The second kappa shape index (κ2) is 4.95. The number of rotatable bonds is 1. The minimum atomic E-state index is -0.446. The highest BCUT2D eigenvalue weighted by molar-refractivity contribution is 9.10. The number of aromatic amines is 1. The molecule has 20 heavy (non-hydrogen) atoms. The summed E-state index contributed by atoms with van der Waals surface area (Å²) in [5.41, 5.74) is 1.48. The monoisotopic (exact) mass is 374 g/mol. The molecule has 0 aliphatic carbocycles. The van der Waals surface area contributed by atoms with Gasteiger partial charge in [-0.2, -0.15) is 0 Å². The average Bonchev–Trinajstić information content (AvgIpc) is 2.69. The first-order chi connectivity index (χ1) is 9.47. The predicted molar refractivity (Wildman–Crippen MR) is 81.1 cm³/mol. The molecule has 1 heterocycles. The summed E-state index contributed by atoms with van der Waals surface area (Å²) in [4.78, 5) is 2.94. The van der Waals surface area contributed by atoms with E-state index in [4.69, 9.17) is 23.8 Å². The van der Waals surface area contributed by atoms with E-state index in [1.165, 1.54) is 28.8 Å². The van der Waals surface area contributed by atoms with Gasteiger partial charge >= 0.3 is 0 Å². The molecule has 3 aromatic rings. The van der Waals surface area contributed by atoms with E-state index in [-0.39, 0.29) is 0 Å². The molecule has 3 rings (SSSR count). The van der Waals surface area contributed by atoms with E-state index in [2.05, 4.69) is 20.9 Å². The Hall–Kier alpha value is -1.24. The minimum Gasteiger partial charge on any atom is -0.330 e. The van der Waals surface area contributed by atoms with Crippen LogP contribution in [0.3, 0.4) is 0 Å². The van der Waals surface area contributed by atoms with Crippen LogP contribution in [0.2, 0.25) is 5.02 Å². The van der Waals surface area contributed by atoms with Crippen molar-refractivity contribution in [3.05, 3.63) is 56.2 Å². The van der Waals surface area contributed by atoms with Gasteiger partial charge in [0, 0.05) is 6.07 Å². The van der Waals surface area contributed by atoms with Crippen molar-refractivity contribution in [1.82, 2.24) is 9.55 Å². The van der Waals surface area contributed by atoms with Crippen LogP contribution in [0.5, 0.6) is 0 Å². The Labute approximate surface area is 131 Å². The van der Waals surface area contributed by atoms with Gasteiger partial charge < -0.3 is 4.98 Å². The predicted octanol–water partition coefficient (Wildman–Crippen LogP) is 5.38. The van der Waals surface area contributed by atoms with Crippen molar-refractivity contribution in [2.75, 3.05) is 0 Å².